The zero-order chi connectivity index (χ0) is 10.5. The molecule has 2 heterocycles. The maximum atomic E-state index is 3.76. The molecule has 0 aliphatic carbocycles. The maximum absolute atomic E-state index is 3.76. The van der Waals surface area contributed by atoms with Crippen molar-refractivity contribution in [2.45, 2.75) is 50.6 Å². The molecule has 2 aliphatic heterocycles. The van der Waals surface area contributed by atoms with Crippen LogP contribution in [-0.2, 0) is 0 Å². The van der Waals surface area contributed by atoms with E-state index in [1.54, 1.807) is 0 Å². The highest BCUT2D eigenvalue weighted by Gasteiger charge is 2.34. The number of allylic oxidation sites excluding steroid dienone is 1. The van der Waals surface area contributed by atoms with Crippen LogP contribution in [0.4, 0.5) is 0 Å². The molecule has 2 fully saturated rings. The van der Waals surface area contributed by atoms with Crippen LogP contribution in [0.3, 0.4) is 0 Å². The van der Waals surface area contributed by atoms with Gasteiger partial charge >= 0.3 is 0 Å². The van der Waals surface area contributed by atoms with Gasteiger partial charge in [0.25, 0.3) is 0 Å². The fourth-order valence-corrected chi connectivity index (χ4v) is 3.02. The van der Waals surface area contributed by atoms with E-state index < -0.39 is 0 Å². The molecule has 2 rings (SSSR count). The van der Waals surface area contributed by atoms with Crippen LogP contribution in [0.25, 0.3) is 0 Å². The van der Waals surface area contributed by atoms with Gasteiger partial charge in [0.1, 0.15) is 0 Å². The van der Waals surface area contributed by atoms with E-state index >= 15 is 0 Å². The zero-order valence-electron chi connectivity index (χ0n) is 9.75. The van der Waals surface area contributed by atoms with E-state index in [9.17, 15) is 0 Å². The van der Waals surface area contributed by atoms with Gasteiger partial charge in [-0.05, 0) is 45.2 Å². The first-order valence-electron chi connectivity index (χ1n) is 6.50. The zero-order valence-corrected chi connectivity index (χ0v) is 9.75. The second-order valence-electron chi connectivity index (χ2n) is 4.88. The van der Waals surface area contributed by atoms with E-state index in [1.807, 2.05) is 6.08 Å². The van der Waals surface area contributed by atoms with Crippen LogP contribution in [0.15, 0.2) is 12.7 Å². The Morgan fingerprint density at radius 2 is 2.20 bits per heavy atom. The van der Waals surface area contributed by atoms with E-state index in [-0.39, 0.29) is 0 Å². The Morgan fingerprint density at radius 3 is 3.07 bits per heavy atom. The molecule has 2 nitrogen and oxygen atoms in total. The molecule has 0 saturated carbocycles. The third kappa shape index (κ3) is 2.82. The van der Waals surface area contributed by atoms with Crippen LogP contribution in [0.5, 0.6) is 0 Å². The fourth-order valence-electron chi connectivity index (χ4n) is 3.02. The van der Waals surface area contributed by atoms with Gasteiger partial charge in [0.2, 0.25) is 0 Å². The van der Waals surface area contributed by atoms with Crippen molar-refractivity contribution in [3.05, 3.63) is 12.7 Å². The van der Waals surface area contributed by atoms with Gasteiger partial charge in [0, 0.05) is 18.6 Å². The minimum atomic E-state index is 0.773. The molecule has 2 saturated heterocycles. The summed E-state index contributed by atoms with van der Waals surface area (Å²) in [7, 11) is 0. The predicted molar refractivity (Wildman–Crippen MR) is 65.1 cm³/mol. The summed E-state index contributed by atoms with van der Waals surface area (Å²) in [5, 5.41) is 3.73. The Labute approximate surface area is 93.7 Å². The van der Waals surface area contributed by atoms with Crippen molar-refractivity contribution in [3.63, 3.8) is 0 Å². The van der Waals surface area contributed by atoms with Crippen LogP contribution in [-0.4, -0.2) is 36.6 Å². The molecule has 2 aliphatic rings. The predicted octanol–water partition coefficient (Wildman–Crippen LogP) is 2.17. The van der Waals surface area contributed by atoms with E-state index in [0.717, 1.165) is 18.5 Å². The summed E-state index contributed by atoms with van der Waals surface area (Å²) < 4.78 is 0. The molecule has 86 valence electrons. The minimum Gasteiger partial charge on any atom is -0.312 e. The summed E-state index contributed by atoms with van der Waals surface area (Å²) in [4.78, 5) is 2.69. The van der Waals surface area contributed by atoms with Gasteiger partial charge in [-0.3, -0.25) is 4.90 Å². The Morgan fingerprint density at radius 1 is 1.27 bits per heavy atom. The van der Waals surface area contributed by atoms with Gasteiger partial charge < -0.3 is 5.32 Å². The number of unbranched alkanes of at least 4 members (excludes halogenated alkanes) is 1. The molecule has 0 aromatic heterocycles. The van der Waals surface area contributed by atoms with Gasteiger partial charge in [-0.1, -0.05) is 12.5 Å². The molecule has 0 aromatic rings. The van der Waals surface area contributed by atoms with Crippen molar-refractivity contribution in [2.24, 2.45) is 0 Å². The van der Waals surface area contributed by atoms with Crippen LogP contribution in [0.2, 0.25) is 0 Å². The van der Waals surface area contributed by atoms with Crippen molar-refractivity contribution in [1.82, 2.24) is 10.2 Å². The van der Waals surface area contributed by atoms with E-state index in [1.165, 1.54) is 51.7 Å². The lowest BCUT2D eigenvalue weighted by Crippen LogP contribution is -2.45. The van der Waals surface area contributed by atoms with Crippen LogP contribution < -0.4 is 5.32 Å². The molecular weight excluding hydrogens is 184 g/mol. The first kappa shape index (κ1) is 11.2. The molecule has 0 amide bonds. The molecule has 0 bridgehead atoms. The normalized spacial score (nSPS) is 31.5. The molecule has 2 heteroatoms. The summed E-state index contributed by atoms with van der Waals surface area (Å²) in [6.07, 6.45) is 10.0. The smallest absolute Gasteiger partial charge is 0.0249 e. The van der Waals surface area contributed by atoms with Crippen LogP contribution >= 0.6 is 0 Å². The van der Waals surface area contributed by atoms with Crippen molar-refractivity contribution in [2.75, 3.05) is 19.6 Å². The fraction of sp³-hybridized carbons (Fsp3) is 0.846. The average Bonchev–Trinajstić information content (AvgIpc) is 2.68. The lowest BCUT2D eigenvalue weighted by atomic mass is 9.99. The Bertz CT molecular complexity index is 203. The molecule has 15 heavy (non-hydrogen) atoms. The molecule has 2 atom stereocenters. The van der Waals surface area contributed by atoms with Gasteiger partial charge in [0.15, 0.2) is 0 Å². The van der Waals surface area contributed by atoms with Crippen LogP contribution in [0.1, 0.15) is 38.5 Å². The first-order valence-corrected chi connectivity index (χ1v) is 6.50. The van der Waals surface area contributed by atoms with E-state index in [0.29, 0.717) is 0 Å². The summed E-state index contributed by atoms with van der Waals surface area (Å²) in [6.45, 7) is 7.59. The van der Waals surface area contributed by atoms with Gasteiger partial charge in [0.05, 0.1) is 0 Å². The molecule has 0 radical (unpaired) electrons. The summed E-state index contributed by atoms with van der Waals surface area (Å²) >= 11 is 0. The third-order valence-electron chi connectivity index (χ3n) is 3.85. The monoisotopic (exact) mass is 208 g/mol. The second-order valence-corrected chi connectivity index (χ2v) is 4.88. The molecule has 0 aromatic carbocycles. The SMILES string of the molecule is C=CCCCNC1CCN2CCCCC12. The van der Waals surface area contributed by atoms with Crippen molar-refractivity contribution in [1.29, 1.82) is 0 Å². The standard InChI is InChI=1S/C13H24N2/c1-2-3-5-9-14-12-8-11-15-10-6-4-7-13(12)15/h2,12-14H,1,3-11H2. The van der Waals surface area contributed by atoms with Crippen molar-refractivity contribution in [3.8, 4) is 0 Å². The number of nitrogens with zero attached hydrogens (tertiary/aromatic N) is 1. The maximum Gasteiger partial charge on any atom is 0.0249 e. The quantitative estimate of drug-likeness (QED) is 0.550. The van der Waals surface area contributed by atoms with Gasteiger partial charge in [-0.25, -0.2) is 0 Å². The number of hydrogen-bond acceptors (Lipinski definition) is 2. The number of fused-ring (bicyclic) bond motifs is 1. The van der Waals surface area contributed by atoms with Gasteiger partial charge in [-0.2, -0.15) is 0 Å². The number of rotatable bonds is 5. The second kappa shape index (κ2) is 5.66. The largest absolute Gasteiger partial charge is 0.312 e. The molecule has 0 spiro atoms. The third-order valence-corrected chi connectivity index (χ3v) is 3.85. The van der Waals surface area contributed by atoms with Crippen molar-refractivity contribution >= 4 is 0 Å². The molecule has 2 unspecified atom stereocenters. The van der Waals surface area contributed by atoms with Crippen LogP contribution in [0, 0.1) is 0 Å². The lowest BCUT2D eigenvalue weighted by molar-refractivity contribution is 0.180. The highest BCUT2D eigenvalue weighted by molar-refractivity contribution is 4.93. The number of nitrogens with one attached hydrogen (secondary N) is 1. The summed E-state index contributed by atoms with van der Waals surface area (Å²) in [6, 6.07) is 1.62. The highest BCUT2D eigenvalue weighted by atomic mass is 15.2. The topological polar surface area (TPSA) is 15.3 Å². The molecule has 1 N–H and O–H groups in total. The van der Waals surface area contributed by atoms with Crippen molar-refractivity contribution < 1.29 is 0 Å². The average molecular weight is 208 g/mol. The van der Waals surface area contributed by atoms with E-state index in [2.05, 4.69) is 16.8 Å². The minimum absolute atomic E-state index is 0.773. The Hall–Kier alpha value is -0.340. The van der Waals surface area contributed by atoms with Gasteiger partial charge in [-0.15, -0.1) is 6.58 Å². The molecular formula is C13H24N2. The lowest BCUT2D eigenvalue weighted by Gasteiger charge is -2.32. The Balaban J connectivity index is 1.71. The summed E-state index contributed by atoms with van der Waals surface area (Å²) in [5.74, 6) is 0. The Kier molecular flexibility index (Phi) is 4.21. The number of hydrogen-bond donors (Lipinski definition) is 1. The number of piperidine rings is 1. The highest BCUT2D eigenvalue weighted by Crippen LogP contribution is 2.26. The van der Waals surface area contributed by atoms with E-state index in [4.69, 9.17) is 0 Å². The first-order chi connectivity index (χ1) is 7.42. The summed E-state index contributed by atoms with van der Waals surface area (Å²) in [5.41, 5.74) is 0.